The van der Waals surface area contributed by atoms with Gasteiger partial charge in [-0.05, 0) is 61.5 Å². The first-order valence-corrected chi connectivity index (χ1v) is 12.0. The fourth-order valence-corrected chi connectivity index (χ4v) is 5.35. The molecule has 2 N–H and O–H groups in total. The Balaban J connectivity index is 1.42. The fraction of sp³-hybridized carbons (Fsp3) is 0.261. The highest BCUT2D eigenvalue weighted by Gasteiger charge is 2.26. The van der Waals surface area contributed by atoms with Gasteiger partial charge in [-0.2, -0.15) is 0 Å². The molecule has 3 aromatic rings. The monoisotopic (exact) mass is 452 g/mol. The highest BCUT2D eigenvalue weighted by Crippen LogP contribution is 2.36. The molecule has 0 unspecified atom stereocenters. The summed E-state index contributed by atoms with van der Waals surface area (Å²) in [4.78, 5) is 33.1. The van der Waals surface area contributed by atoms with Gasteiger partial charge in [0.1, 0.15) is 5.03 Å². The van der Waals surface area contributed by atoms with Crippen molar-refractivity contribution in [3.63, 3.8) is 0 Å². The number of aromatic nitrogens is 1. The predicted octanol–water partition coefficient (Wildman–Crippen LogP) is 4.88. The van der Waals surface area contributed by atoms with Crippen molar-refractivity contribution < 1.29 is 9.59 Å². The first-order valence-electron chi connectivity index (χ1n) is 10.1. The standard InChI is InChI=1S/C23H24N4O2S2/c1-15-13-16(2)25-22-20(15)27(10-12-31-22)23(29)26-18-6-3-5-17(14-18)21(28)24-9-8-19-7-4-11-30-19/h3-7,11,13-14H,8-10,12H2,1-2H3,(H,24,28)(H,26,29). The quantitative estimate of drug-likeness (QED) is 0.579. The van der Waals surface area contributed by atoms with E-state index >= 15 is 0 Å². The van der Waals surface area contributed by atoms with E-state index < -0.39 is 0 Å². The molecular weight excluding hydrogens is 428 g/mol. The third-order valence-corrected chi connectivity index (χ3v) is 6.84. The molecule has 3 heterocycles. The smallest absolute Gasteiger partial charge is 0.326 e. The van der Waals surface area contributed by atoms with Crippen LogP contribution in [0.3, 0.4) is 0 Å². The summed E-state index contributed by atoms with van der Waals surface area (Å²) in [5.41, 5.74) is 3.95. The van der Waals surface area contributed by atoms with Crippen LogP contribution in [0.4, 0.5) is 16.2 Å². The number of hydrogen-bond donors (Lipinski definition) is 2. The summed E-state index contributed by atoms with van der Waals surface area (Å²) in [5.74, 6) is 0.645. The molecule has 1 aliphatic rings. The van der Waals surface area contributed by atoms with E-state index in [-0.39, 0.29) is 11.9 Å². The van der Waals surface area contributed by atoms with Gasteiger partial charge in [0.05, 0.1) is 5.69 Å². The minimum atomic E-state index is -0.217. The zero-order chi connectivity index (χ0) is 21.8. The largest absolute Gasteiger partial charge is 0.352 e. The van der Waals surface area contributed by atoms with E-state index in [0.717, 1.165) is 34.1 Å². The Hall–Kier alpha value is -2.84. The molecular formula is C23H24N4O2S2. The molecule has 31 heavy (non-hydrogen) atoms. The molecule has 2 aromatic heterocycles. The Kier molecular flexibility index (Phi) is 6.58. The highest BCUT2D eigenvalue weighted by molar-refractivity contribution is 7.99. The van der Waals surface area contributed by atoms with Crippen LogP contribution in [0, 0.1) is 13.8 Å². The molecule has 4 rings (SSSR count). The number of nitrogens with zero attached hydrogens (tertiary/aromatic N) is 2. The number of thiophene rings is 1. The molecule has 0 saturated heterocycles. The van der Waals surface area contributed by atoms with Crippen molar-refractivity contribution in [3.8, 4) is 0 Å². The summed E-state index contributed by atoms with van der Waals surface area (Å²) < 4.78 is 0. The van der Waals surface area contributed by atoms with Crippen molar-refractivity contribution in [2.24, 2.45) is 0 Å². The summed E-state index contributed by atoms with van der Waals surface area (Å²) in [6.07, 6.45) is 0.805. The van der Waals surface area contributed by atoms with Crippen molar-refractivity contribution in [2.45, 2.75) is 25.3 Å². The lowest BCUT2D eigenvalue weighted by Crippen LogP contribution is -2.39. The minimum absolute atomic E-state index is 0.150. The number of carbonyl (C=O) groups excluding carboxylic acids is 2. The average molecular weight is 453 g/mol. The fourth-order valence-electron chi connectivity index (χ4n) is 3.56. The van der Waals surface area contributed by atoms with Crippen LogP contribution in [-0.2, 0) is 6.42 Å². The van der Waals surface area contributed by atoms with Gasteiger partial charge in [0.2, 0.25) is 0 Å². The maximum absolute atomic E-state index is 13.0. The molecule has 1 aromatic carbocycles. The lowest BCUT2D eigenvalue weighted by Gasteiger charge is -2.30. The second-order valence-corrected chi connectivity index (χ2v) is 9.45. The second-order valence-electron chi connectivity index (χ2n) is 7.33. The number of anilines is 2. The van der Waals surface area contributed by atoms with Crippen LogP contribution in [0.15, 0.2) is 52.9 Å². The molecule has 0 spiro atoms. The van der Waals surface area contributed by atoms with Gasteiger partial charge in [-0.3, -0.25) is 9.69 Å². The van der Waals surface area contributed by atoms with Crippen LogP contribution in [0.1, 0.15) is 26.5 Å². The molecule has 6 nitrogen and oxygen atoms in total. The Morgan fingerprint density at radius 1 is 1.16 bits per heavy atom. The molecule has 0 bridgehead atoms. The third-order valence-electron chi connectivity index (χ3n) is 4.96. The number of amides is 3. The Morgan fingerprint density at radius 2 is 2.03 bits per heavy atom. The molecule has 160 valence electrons. The topological polar surface area (TPSA) is 74.3 Å². The maximum Gasteiger partial charge on any atom is 0.326 e. The molecule has 0 fully saturated rings. The maximum atomic E-state index is 13.0. The molecule has 0 radical (unpaired) electrons. The van der Waals surface area contributed by atoms with Crippen molar-refractivity contribution in [1.82, 2.24) is 10.3 Å². The number of fused-ring (bicyclic) bond motifs is 1. The molecule has 1 aliphatic heterocycles. The van der Waals surface area contributed by atoms with Gasteiger partial charge in [0.15, 0.2) is 0 Å². The van der Waals surface area contributed by atoms with Crippen molar-refractivity contribution in [3.05, 3.63) is 69.5 Å². The lowest BCUT2D eigenvalue weighted by molar-refractivity contribution is 0.0954. The lowest BCUT2D eigenvalue weighted by atomic mass is 10.2. The highest BCUT2D eigenvalue weighted by atomic mass is 32.2. The normalized spacial score (nSPS) is 12.9. The minimum Gasteiger partial charge on any atom is -0.352 e. The van der Waals surface area contributed by atoms with E-state index in [9.17, 15) is 9.59 Å². The van der Waals surface area contributed by atoms with Crippen LogP contribution in [0.25, 0.3) is 0 Å². The number of nitrogens with one attached hydrogen (secondary N) is 2. The van der Waals surface area contributed by atoms with E-state index in [1.165, 1.54) is 4.88 Å². The first kappa shape index (κ1) is 21.4. The van der Waals surface area contributed by atoms with Gasteiger partial charge in [0, 0.05) is 40.7 Å². The first-order chi connectivity index (χ1) is 15.0. The number of carbonyl (C=O) groups is 2. The van der Waals surface area contributed by atoms with Crippen LogP contribution in [-0.4, -0.2) is 35.8 Å². The molecule has 0 aliphatic carbocycles. The van der Waals surface area contributed by atoms with Crippen LogP contribution >= 0.6 is 23.1 Å². The number of pyridine rings is 1. The van der Waals surface area contributed by atoms with E-state index in [1.54, 1.807) is 52.3 Å². The van der Waals surface area contributed by atoms with E-state index in [4.69, 9.17) is 0 Å². The molecule has 0 atom stereocenters. The number of urea groups is 1. The number of hydrogen-bond acceptors (Lipinski definition) is 5. The zero-order valence-electron chi connectivity index (χ0n) is 17.5. The van der Waals surface area contributed by atoms with Crippen molar-refractivity contribution in [1.29, 1.82) is 0 Å². The summed E-state index contributed by atoms with van der Waals surface area (Å²) in [5, 5.41) is 8.80. The van der Waals surface area contributed by atoms with Crippen molar-refractivity contribution in [2.75, 3.05) is 29.1 Å². The van der Waals surface area contributed by atoms with Gasteiger partial charge in [-0.15, -0.1) is 23.1 Å². The Morgan fingerprint density at radius 3 is 2.84 bits per heavy atom. The number of benzene rings is 1. The Bertz CT molecular complexity index is 1100. The average Bonchev–Trinajstić information content (AvgIpc) is 3.26. The van der Waals surface area contributed by atoms with E-state index in [1.807, 2.05) is 31.4 Å². The SMILES string of the molecule is Cc1cc(C)c2c(n1)SCCN2C(=O)Nc1cccc(C(=O)NCCc2cccs2)c1. The van der Waals surface area contributed by atoms with Gasteiger partial charge in [0.25, 0.3) is 5.91 Å². The second kappa shape index (κ2) is 9.53. The van der Waals surface area contributed by atoms with Crippen LogP contribution < -0.4 is 15.5 Å². The molecule has 8 heteroatoms. The molecule has 3 amide bonds. The third kappa shape index (κ3) is 5.08. The summed E-state index contributed by atoms with van der Waals surface area (Å²) in [7, 11) is 0. The van der Waals surface area contributed by atoms with Gasteiger partial charge >= 0.3 is 6.03 Å². The zero-order valence-corrected chi connectivity index (χ0v) is 19.1. The van der Waals surface area contributed by atoms with Crippen molar-refractivity contribution >= 4 is 46.4 Å². The molecule has 0 saturated carbocycles. The van der Waals surface area contributed by atoms with E-state index in [0.29, 0.717) is 24.3 Å². The van der Waals surface area contributed by atoms with E-state index in [2.05, 4.69) is 21.7 Å². The Labute approximate surface area is 190 Å². The number of aryl methyl sites for hydroxylation is 2. The van der Waals surface area contributed by atoms with Gasteiger partial charge < -0.3 is 10.6 Å². The number of rotatable bonds is 5. The summed E-state index contributed by atoms with van der Waals surface area (Å²) in [6, 6.07) is 12.9. The van der Waals surface area contributed by atoms with Gasteiger partial charge in [-0.1, -0.05) is 12.1 Å². The van der Waals surface area contributed by atoms with Crippen LogP contribution in [0.5, 0.6) is 0 Å². The van der Waals surface area contributed by atoms with Gasteiger partial charge in [-0.25, -0.2) is 9.78 Å². The summed E-state index contributed by atoms with van der Waals surface area (Å²) >= 11 is 3.35. The van der Waals surface area contributed by atoms with Crippen LogP contribution in [0.2, 0.25) is 0 Å². The summed E-state index contributed by atoms with van der Waals surface area (Å²) in [6.45, 7) is 5.15. The number of thioether (sulfide) groups is 1. The predicted molar refractivity (Wildman–Crippen MR) is 128 cm³/mol.